The molecule has 0 unspecified atom stereocenters. The van der Waals surface area contributed by atoms with Crippen molar-refractivity contribution in [1.82, 2.24) is 20.1 Å². The molecule has 0 fully saturated rings. The van der Waals surface area contributed by atoms with Gasteiger partial charge in [-0.05, 0) is 43.5 Å². The standard InChI is InChI=1S/C20H24ClFN4/c1-4-8-15-13-19(21)25-24-17(15)14-26(12-6-3)18(9-5-2)16-10-7-11-20(22)23-16/h6-7,9-13H,4-5,8,14H2,1-3H3/b12-6-,18-9+. The Kier molecular flexibility index (Phi) is 7.73. The highest BCUT2D eigenvalue weighted by atomic mass is 35.5. The fourth-order valence-corrected chi connectivity index (χ4v) is 2.89. The first-order valence-electron chi connectivity index (χ1n) is 8.82. The lowest BCUT2D eigenvalue weighted by molar-refractivity contribution is 0.501. The molecule has 0 N–H and O–H groups in total. The van der Waals surface area contributed by atoms with Gasteiger partial charge in [0.25, 0.3) is 0 Å². The summed E-state index contributed by atoms with van der Waals surface area (Å²) in [4.78, 5) is 6.06. The molecule has 4 nitrogen and oxygen atoms in total. The van der Waals surface area contributed by atoms with Gasteiger partial charge in [0.1, 0.15) is 0 Å². The lowest BCUT2D eigenvalue weighted by Crippen LogP contribution is -2.19. The van der Waals surface area contributed by atoms with E-state index in [-0.39, 0.29) is 0 Å². The van der Waals surface area contributed by atoms with Gasteiger partial charge >= 0.3 is 0 Å². The van der Waals surface area contributed by atoms with E-state index in [0.717, 1.165) is 36.2 Å². The van der Waals surface area contributed by atoms with Gasteiger partial charge in [0.15, 0.2) is 5.15 Å². The SMILES string of the molecule is C/C=C\N(Cc1nnc(Cl)cc1CCC)/C(=C/CC)c1cccc(F)n1. The van der Waals surface area contributed by atoms with Crippen molar-refractivity contribution in [3.05, 3.63) is 70.7 Å². The highest BCUT2D eigenvalue weighted by molar-refractivity contribution is 6.29. The third kappa shape index (κ3) is 5.36. The average Bonchev–Trinajstić information content (AvgIpc) is 2.62. The van der Waals surface area contributed by atoms with E-state index in [2.05, 4.69) is 22.1 Å². The predicted molar refractivity (Wildman–Crippen MR) is 104 cm³/mol. The molecule has 0 saturated heterocycles. The molecular weight excluding hydrogens is 351 g/mol. The lowest BCUT2D eigenvalue weighted by Gasteiger charge is -2.24. The summed E-state index contributed by atoms with van der Waals surface area (Å²) in [6.07, 6.45) is 8.58. The predicted octanol–water partition coefficient (Wildman–Crippen LogP) is 5.40. The van der Waals surface area contributed by atoms with Gasteiger partial charge in [-0.1, -0.05) is 50.1 Å². The summed E-state index contributed by atoms with van der Waals surface area (Å²) >= 11 is 6.01. The van der Waals surface area contributed by atoms with Gasteiger partial charge in [0, 0.05) is 6.20 Å². The van der Waals surface area contributed by atoms with E-state index in [1.807, 2.05) is 49.2 Å². The smallest absolute Gasteiger partial charge is 0.213 e. The average molecular weight is 375 g/mol. The first-order valence-corrected chi connectivity index (χ1v) is 9.20. The summed E-state index contributed by atoms with van der Waals surface area (Å²) in [5.41, 5.74) is 3.35. The minimum atomic E-state index is -0.497. The molecule has 0 aliphatic heterocycles. The summed E-state index contributed by atoms with van der Waals surface area (Å²) in [7, 11) is 0. The topological polar surface area (TPSA) is 41.9 Å². The van der Waals surface area contributed by atoms with Gasteiger partial charge in [0.05, 0.1) is 23.6 Å². The summed E-state index contributed by atoms with van der Waals surface area (Å²) in [6, 6.07) is 6.68. The van der Waals surface area contributed by atoms with Crippen LogP contribution in [-0.4, -0.2) is 20.1 Å². The fourth-order valence-electron chi connectivity index (χ4n) is 2.72. The highest BCUT2D eigenvalue weighted by Gasteiger charge is 2.15. The van der Waals surface area contributed by atoms with E-state index < -0.39 is 5.95 Å². The molecule has 26 heavy (non-hydrogen) atoms. The van der Waals surface area contributed by atoms with Crippen molar-refractivity contribution in [2.45, 2.75) is 46.6 Å². The van der Waals surface area contributed by atoms with Crippen LogP contribution in [0.1, 0.15) is 50.6 Å². The van der Waals surface area contributed by atoms with Crippen LogP contribution >= 0.6 is 11.6 Å². The van der Waals surface area contributed by atoms with Crippen LogP contribution in [0.5, 0.6) is 0 Å². The van der Waals surface area contributed by atoms with Crippen molar-refractivity contribution in [2.75, 3.05) is 0 Å². The molecule has 6 heteroatoms. The number of pyridine rings is 1. The molecular formula is C20H24ClFN4. The van der Waals surface area contributed by atoms with Crippen LogP contribution in [0, 0.1) is 5.95 Å². The monoisotopic (exact) mass is 374 g/mol. The number of hydrogen-bond acceptors (Lipinski definition) is 4. The van der Waals surface area contributed by atoms with Crippen LogP contribution in [0.2, 0.25) is 5.15 Å². The molecule has 0 amide bonds. The number of halogens is 2. The Balaban J connectivity index is 2.42. The zero-order valence-electron chi connectivity index (χ0n) is 15.4. The summed E-state index contributed by atoms with van der Waals surface area (Å²) < 4.78 is 13.6. The molecule has 2 aromatic rings. The molecule has 0 aliphatic rings. The van der Waals surface area contributed by atoms with Gasteiger partial charge in [-0.2, -0.15) is 9.49 Å². The Morgan fingerprint density at radius 1 is 1.27 bits per heavy atom. The maximum absolute atomic E-state index is 13.6. The molecule has 0 atom stereocenters. The Morgan fingerprint density at radius 3 is 2.73 bits per heavy atom. The van der Waals surface area contributed by atoms with Crippen molar-refractivity contribution >= 4 is 17.3 Å². The van der Waals surface area contributed by atoms with Crippen molar-refractivity contribution in [3.8, 4) is 0 Å². The van der Waals surface area contributed by atoms with E-state index in [1.54, 1.807) is 6.07 Å². The quantitative estimate of drug-likeness (QED) is 0.580. The first-order chi connectivity index (χ1) is 12.6. The zero-order chi connectivity index (χ0) is 18.9. The van der Waals surface area contributed by atoms with Crippen LogP contribution in [-0.2, 0) is 13.0 Å². The summed E-state index contributed by atoms with van der Waals surface area (Å²) in [5.74, 6) is -0.497. The maximum Gasteiger partial charge on any atom is 0.213 e. The number of aromatic nitrogens is 3. The molecule has 2 heterocycles. The number of nitrogens with zero attached hydrogens (tertiary/aromatic N) is 4. The van der Waals surface area contributed by atoms with Crippen LogP contribution in [0.15, 0.2) is 42.6 Å². The summed E-state index contributed by atoms with van der Waals surface area (Å²) in [5, 5.41) is 8.68. The van der Waals surface area contributed by atoms with Crippen LogP contribution in [0.3, 0.4) is 0 Å². The largest absolute Gasteiger partial charge is 0.341 e. The Morgan fingerprint density at radius 2 is 2.08 bits per heavy atom. The second kappa shape index (κ2) is 10.0. The normalized spacial score (nSPS) is 12.0. The third-order valence-corrected chi connectivity index (χ3v) is 3.97. The molecule has 138 valence electrons. The Labute approximate surface area is 159 Å². The van der Waals surface area contributed by atoms with Crippen molar-refractivity contribution in [3.63, 3.8) is 0 Å². The Bertz CT molecular complexity index is 789. The molecule has 0 aromatic carbocycles. The second-order valence-corrected chi connectivity index (χ2v) is 6.23. The number of rotatable bonds is 8. The molecule has 2 rings (SSSR count). The molecule has 0 spiro atoms. The van der Waals surface area contributed by atoms with Gasteiger partial charge in [-0.25, -0.2) is 4.98 Å². The number of hydrogen-bond donors (Lipinski definition) is 0. The van der Waals surface area contributed by atoms with Crippen LogP contribution in [0.25, 0.3) is 5.70 Å². The van der Waals surface area contributed by atoms with E-state index in [4.69, 9.17) is 11.6 Å². The van der Waals surface area contributed by atoms with Gasteiger partial charge in [-0.3, -0.25) is 0 Å². The maximum atomic E-state index is 13.6. The van der Waals surface area contributed by atoms with E-state index in [0.29, 0.717) is 17.4 Å². The molecule has 0 aliphatic carbocycles. The second-order valence-electron chi connectivity index (χ2n) is 5.84. The third-order valence-electron chi connectivity index (χ3n) is 3.78. The number of allylic oxidation sites excluding steroid dienone is 2. The van der Waals surface area contributed by atoms with Crippen molar-refractivity contribution in [2.24, 2.45) is 0 Å². The van der Waals surface area contributed by atoms with Crippen LogP contribution < -0.4 is 0 Å². The van der Waals surface area contributed by atoms with E-state index in [9.17, 15) is 4.39 Å². The van der Waals surface area contributed by atoms with Gasteiger partial charge in [0.2, 0.25) is 5.95 Å². The minimum Gasteiger partial charge on any atom is -0.341 e. The molecule has 0 bridgehead atoms. The Hall–Kier alpha value is -2.27. The molecule has 0 radical (unpaired) electrons. The first kappa shape index (κ1) is 20.0. The van der Waals surface area contributed by atoms with Gasteiger partial charge in [-0.15, -0.1) is 5.10 Å². The van der Waals surface area contributed by atoms with Crippen LogP contribution in [0.4, 0.5) is 4.39 Å². The van der Waals surface area contributed by atoms with E-state index in [1.165, 1.54) is 6.07 Å². The molecule has 2 aromatic heterocycles. The van der Waals surface area contributed by atoms with Crippen molar-refractivity contribution < 1.29 is 4.39 Å². The summed E-state index contributed by atoms with van der Waals surface area (Å²) in [6.45, 7) is 6.60. The minimum absolute atomic E-state index is 0.394. The lowest BCUT2D eigenvalue weighted by atomic mass is 10.1. The van der Waals surface area contributed by atoms with Crippen molar-refractivity contribution in [1.29, 1.82) is 0 Å². The fraction of sp³-hybridized carbons (Fsp3) is 0.350. The molecule has 0 saturated carbocycles. The van der Waals surface area contributed by atoms with Gasteiger partial charge < -0.3 is 4.90 Å². The number of aryl methyl sites for hydroxylation is 1. The zero-order valence-corrected chi connectivity index (χ0v) is 16.2. The highest BCUT2D eigenvalue weighted by Crippen LogP contribution is 2.23. The van der Waals surface area contributed by atoms with E-state index >= 15 is 0 Å².